The number of para-hydroxylation sites is 1. The Balaban J connectivity index is 1.34. The third-order valence-corrected chi connectivity index (χ3v) is 5.39. The van der Waals surface area contributed by atoms with Gasteiger partial charge in [0, 0.05) is 38.9 Å². The molecule has 8 heteroatoms. The summed E-state index contributed by atoms with van der Waals surface area (Å²) in [5.41, 5.74) is 2.10. The number of rotatable bonds is 7. The Bertz CT molecular complexity index is 1080. The number of benzene rings is 2. The van der Waals surface area contributed by atoms with Crippen molar-refractivity contribution in [3.63, 3.8) is 0 Å². The lowest BCUT2D eigenvalue weighted by atomic mass is 10.1. The number of carboxylic acid groups (broad SMARTS) is 1. The Labute approximate surface area is 184 Å². The minimum atomic E-state index is -0.982. The van der Waals surface area contributed by atoms with E-state index in [1.165, 1.54) is 18.2 Å². The summed E-state index contributed by atoms with van der Waals surface area (Å²) in [6.07, 6.45) is 1.61. The standard InChI is InChI=1S/C24H23F2N3O3/c25-20-7-2-8-21(26)22(20)32-16-18-5-1-4-17(14-18)15-28-10-12-29(13-11-28)23-19(24(30)31)6-3-9-27-23/h1-9,14H,10-13,15-16H2,(H,30,31). The molecule has 166 valence electrons. The van der Waals surface area contributed by atoms with Crippen LogP contribution in [0.2, 0.25) is 0 Å². The van der Waals surface area contributed by atoms with Crippen molar-refractivity contribution in [3.05, 3.63) is 89.1 Å². The number of anilines is 1. The lowest BCUT2D eigenvalue weighted by Gasteiger charge is -2.35. The molecule has 0 bridgehead atoms. The van der Waals surface area contributed by atoms with Crippen LogP contribution in [-0.2, 0) is 13.2 Å². The molecule has 1 aromatic heterocycles. The van der Waals surface area contributed by atoms with Crippen LogP contribution in [0.25, 0.3) is 0 Å². The van der Waals surface area contributed by atoms with Crippen LogP contribution in [0.15, 0.2) is 60.8 Å². The number of aromatic carboxylic acids is 1. The largest absolute Gasteiger partial charge is 0.483 e. The summed E-state index contributed by atoms with van der Waals surface area (Å²) in [5, 5.41) is 9.39. The smallest absolute Gasteiger partial charge is 0.339 e. The highest BCUT2D eigenvalue weighted by Gasteiger charge is 2.22. The zero-order valence-electron chi connectivity index (χ0n) is 17.4. The van der Waals surface area contributed by atoms with Crippen molar-refractivity contribution >= 4 is 11.8 Å². The van der Waals surface area contributed by atoms with Gasteiger partial charge in [0.05, 0.1) is 0 Å². The number of halogens is 2. The van der Waals surface area contributed by atoms with Gasteiger partial charge in [0.25, 0.3) is 0 Å². The Morgan fingerprint density at radius 1 is 0.969 bits per heavy atom. The second kappa shape index (κ2) is 9.74. The molecular formula is C24H23F2N3O3. The molecule has 0 amide bonds. The monoisotopic (exact) mass is 439 g/mol. The number of ether oxygens (including phenoxy) is 1. The van der Waals surface area contributed by atoms with Crippen molar-refractivity contribution < 1.29 is 23.4 Å². The van der Waals surface area contributed by atoms with Crippen LogP contribution in [0.1, 0.15) is 21.5 Å². The molecule has 0 atom stereocenters. The van der Waals surface area contributed by atoms with E-state index in [-0.39, 0.29) is 17.9 Å². The lowest BCUT2D eigenvalue weighted by molar-refractivity contribution is 0.0697. The minimum Gasteiger partial charge on any atom is -0.483 e. The Kier molecular flexibility index (Phi) is 6.61. The van der Waals surface area contributed by atoms with Crippen LogP contribution in [0.5, 0.6) is 5.75 Å². The van der Waals surface area contributed by atoms with Gasteiger partial charge in [0.2, 0.25) is 0 Å². The van der Waals surface area contributed by atoms with Crippen LogP contribution in [-0.4, -0.2) is 47.1 Å². The number of nitrogens with zero attached hydrogens (tertiary/aromatic N) is 3. The van der Waals surface area contributed by atoms with Crippen molar-refractivity contribution in [3.8, 4) is 5.75 Å². The molecule has 0 spiro atoms. The number of piperazine rings is 1. The molecule has 1 fully saturated rings. The fourth-order valence-corrected chi connectivity index (χ4v) is 3.79. The summed E-state index contributed by atoms with van der Waals surface area (Å²) in [6, 6.07) is 14.5. The van der Waals surface area contributed by atoms with Gasteiger partial charge in [-0.15, -0.1) is 0 Å². The van der Waals surface area contributed by atoms with Crippen molar-refractivity contribution in [2.45, 2.75) is 13.2 Å². The Morgan fingerprint density at radius 2 is 1.66 bits per heavy atom. The van der Waals surface area contributed by atoms with Crippen molar-refractivity contribution in [1.29, 1.82) is 0 Å². The van der Waals surface area contributed by atoms with Crippen LogP contribution >= 0.6 is 0 Å². The fraction of sp³-hybridized carbons (Fsp3) is 0.250. The molecule has 3 aromatic rings. The molecule has 1 aliphatic rings. The van der Waals surface area contributed by atoms with E-state index in [1.807, 2.05) is 29.2 Å². The number of pyridine rings is 1. The fourth-order valence-electron chi connectivity index (χ4n) is 3.79. The van der Waals surface area contributed by atoms with Crippen LogP contribution < -0.4 is 9.64 Å². The van der Waals surface area contributed by atoms with E-state index in [9.17, 15) is 18.7 Å². The summed E-state index contributed by atoms with van der Waals surface area (Å²) in [7, 11) is 0. The second-order valence-corrected chi connectivity index (χ2v) is 7.60. The summed E-state index contributed by atoms with van der Waals surface area (Å²) in [4.78, 5) is 20.0. The quantitative estimate of drug-likeness (QED) is 0.601. The second-order valence-electron chi connectivity index (χ2n) is 7.60. The topological polar surface area (TPSA) is 65.9 Å². The lowest BCUT2D eigenvalue weighted by Crippen LogP contribution is -2.46. The molecule has 1 N–H and O–H groups in total. The first kappa shape index (κ1) is 21.7. The Morgan fingerprint density at radius 3 is 2.38 bits per heavy atom. The van der Waals surface area contributed by atoms with Gasteiger partial charge in [-0.1, -0.05) is 30.3 Å². The normalized spacial score (nSPS) is 14.4. The molecule has 0 unspecified atom stereocenters. The molecule has 32 heavy (non-hydrogen) atoms. The van der Waals surface area contributed by atoms with E-state index in [2.05, 4.69) is 9.88 Å². The molecule has 2 heterocycles. The molecular weight excluding hydrogens is 416 g/mol. The number of aromatic nitrogens is 1. The highest BCUT2D eigenvalue weighted by atomic mass is 19.1. The highest BCUT2D eigenvalue weighted by Crippen LogP contribution is 2.23. The summed E-state index contributed by atoms with van der Waals surface area (Å²) < 4.78 is 32.9. The maximum Gasteiger partial charge on any atom is 0.339 e. The summed E-state index contributed by atoms with van der Waals surface area (Å²) in [6.45, 7) is 3.65. The van der Waals surface area contributed by atoms with Gasteiger partial charge < -0.3 is 14.7 Å². The third-order valence-electron chi connectivity index (χ3n) is 5.39. The summed E-state index contributed by atoms with van der Waals surface area (Å²) in [5.74, 6) is -2.30. The molecule has 1 saturated heterocycles. The maximum absolute atomic E-state index is 13.8. The highest BCUT2D eigenvalue weighted by molar-refractivity contribution is 5.93. The van der Waals surface area contributed by atoms with Gasteiger partial charge in [-0.2, -0.15) is 0 Å². The molecule has 0 radical (unpaired) electrons. The van der Waals surface area contributed by atoms with Gasteiger partial charge in [-0.3, -0.25) is 4.90 Å². The van der Waals surface area contributed by atoms with Crippen molar-refractivity contribution in [2.24, 2.45) is 0 Å². The molecule has 0 aliphatic carbocycles. The molecule has 1 aliphatic heterocycles. The first-order valence-electron chi connectivity index (χ1n) is 10.3. The molecule has 0 saturated carbocycles. The predicted molar refractivity (Wildman–Crippen MR) is 116 cm³/mol. The van der Waals surface area contributed by atoms with Gasteiger partial charge in [0.15, 0.2) is 17.4 Å². The summed E-state index contributed by atoms with van der Waals surface area (Å²) >= 11 is 0. The van der Waals surface area contributed by atoms with Crippen LogP contribution in [0, 0.1) is 11.6 Å². The van der Waals surface area contributed by atoms with Gasteiger partial charge in [-0.05, 0) is 35.4 Å². The van der Waals surface area contributed by atoms with E-state index in [0.29, 0.717) is 25.5 Å². The third kappa shape index (κ3) is 5.03. The molecule has 2 aromatic carbocycles. The van der Waals surface area contributed by atoms with E-state index in [0.717, 1.165) is 24.2 Å². The zero-order valence-corrected chi connectivity index (χ0v) is 17.4. The van der Waals surface area contributed by atoms with E-state index >= 15 is 0 Å². The van der Waals surface area contributed by atoms with E-state index < -0.39 is 17.6 Å². The average Bonchev–Trinajstić information content (AvgIpc) is 2.79. The first-order chi connectivity index (χ1) is 15.5. The number of hydrogen-bond donors (Lipinski definition) is 1. The van der Waals surface area contributed by atoms with Gasteiger partial charge in [0.1, 0.15) is 18.0 Å². The Hall–Kier alpha value is -3.52. The number of carbonyl (C=O) groups is 1. The van der Waals surface area contributed by atoms with Crippen molar-refractivity contribution in [2.75, 3.05) is 31.1 Å². The molecule has 6 nitrogen and oxygen atoms in total. The van der Waals surface area contributed by atoms with E-state index in [4.69, 9.17) is 4.74 Å². The van der Waals surface area contributed by atoms with Gasteiger partial charge in [-0.25, -0.2) is 18.6 Å². The van der Waals surface area contributed by atoms with Crippen molar-refractivity contribution in [1.82, 2.24) is 9.88 Å². The van der Waals surface area contributed by atoms with Crippen LogP contribution in [0.3, 0.4) is 0 Å². The predicted octanol–water partition coefficient (Wildman–Crippen LogP) is 3.96. The van der Waals surface area contributed by atoms with Gasteiger partial charge >= 0.3 is 5.97 Å². The SMILES string of the molecule is O=C(O)c1cccnc1N1CCN(Cc2cccc(COc3c(F)cccc3F)c2)CC1. The maximum atomic E-state index is 13.8. The number of hydrogen-bond acceptors (Lipinski definition) is 5. The van der Waals surface area contributed by atoms with E-state index in [1.54, 1.807) is 18.3 Å². The number of carboxylic acids is 1. The minimum absolute atomic E-state index is 0.0666. The zero-order chi connectivity index (χ0) is 22.5. The van der Waals surface area contributed by atoms with Crippen LogP contribution in [0.4, 0.5) is 14.6 Å². The molecule has 4 rings (SSSR count). The first-order valence-corrected chi connectivity index (χ1v) is 10.3. The average molecular weight is 439 g/mol.